The topological polar surface area (TPSA) is 29.9 Å². The van der Waals surface area contributed by atoms with Gasteiger partial charge in [-0.15, -0.1) is 0 Å². The molecule has 0 bridgehead atoms. The second-order valence-electron chi connectivity index (χ2n) is 4.48. The number of halogens is 1. The van der Waals surface area contributed by atoms with Crippen molar-refractivity contribution in [1.29, 1.82) is 0 Å². The molecule has 0 saturated carbocycles. The van der Waals surface area contributed by atoms with Gasteiger partial charge >= 0.3 is 0 Å². The first-order valence-corrected chi connectivity index (χ1v) is 6.83. The number of rotatable bonds is 2. The average Bonchev–Trinajstić information content (AvgIpc) is 2.68. The Hall–Kier alpha value is -0.880. The van der Waals surface area contributed by atoms with Gasteiger partial charge in [0.15, 0.2) is 0 Å². The molecule has 1 aliphatic heterocycles. The molecule has 1 aliphatic rings. The molecule has 0 aliphatic carbocycles. The molecule has 0 spiro atoms. The Kier molecular flexibility index (Phi) is 2.92. The van der Waals surface area contributed by atoms with Crippen molar-refractivity contribution < 1.29 is 0 Å². The quantitative estimate of drug-likeness (QED) is 0.852. The Morgan fingerprint density at radius 2 is 2.24 bits per heavy atom. The molecule has 3 nitrogen and oxygen atoms in total. The van der Waals surface area contributed by atoms with Crippen molar-refractivity contribution in [2.24, 2.45) is 0 Å². The fourth-order valence-corrected chi connectivity index (χ4v) is 2.55. The Morgan fingerprint density at radius 3 is 2.88 bits per heavy atom. The number of hydrogen-bond donors (Lipinski definition) is 1. The predicted molar refractivity (Wildman–Crippen MR) is 76.6 cm³/mol. The average molecular weight is 339 g/mol. The van der Waals surface area contributed by atoms with Crippen LogP contribution in [0.15, 0.2) is 30.7 Å². The van der Waals surface area contributed by atoms with Crippen molar-refractivity contribution in [3.63, 3.8) is 0 Å². The molecule has 88 valence electrons. The van der Waals surface area contributed by atoms with Gasteiger partial charge in [0, 0.05) is 40.2 Å². The van der Waals surface area contributed by atoms with Gasteiger partial charge in [0.05, 0.1) is 6.33 Å². The number of aromatic nitrogens is 2. The lowest BCUT2D eigenvalue weighted by molar-refractivity contribution is 0.435. The molecule has 1 aromatic heterocycles. The maximum Gasteiger partial charge on any atom is 0.0994 e. The second-order valence-corrected chi connectivity index (χ2v) is 5.64. The van der Waals surface area contributed by atoms with Crippen LogP contribution in [0.2, 0.25) is 0 Å². The third kappa shape index (κ3) is 1.99. The van der Waals surface area contributed by atoms with Crippen LogP contribution in [0.3, 0.4) is 0 Å². The minimum Gasteiger partial charge on any atom is -0.315 e. The van der Waals surface area contributed by atoms with Crippen LogP contribution in [-0.4, -0.2) is 22.6 Å². The van der Waals surface area contributed by atoms with Crippen LogP contribution >= 0.6 is 22.6 Å². The summed E-state index contributed by atoms with van der Waals surface area (Å²) in [6, 6.07) is 6.54. The Labute approximate surface area is 114 Å². The zero-order valence-corrected chi connectivity index (χ0v) is 11.8. The molecule has 2 heterocycles. The monoisotopic (exact) mass is 339 g/mol. The van der Waals surface area contributed by atoms with Crippen molar-refractivity contribution >= 4 is 22.6 Å². The number of nitrogens with one attached hydrogen (secondary N) is 1. The molecule has 0 atom stereocenters. The van der Waals surface area contributed by atoms with Crippen LogP contribution in [0.1, 0.15) is 17.2 Å². The lowest BCUT2D eigenvalue weighted by Crippen LogP contribution is -2.40. The van der Waals surface area contributed by atoms with Gasteiger partial charge in [-0.2, -0.15) is 0 Å². The summed E-state index contributed by atoms with van der Waals surface area (Å²) in [4.78, 5) is 4.29. The van der Waals surface area contributed by atoms with Crippen LogP contribution in [0, 0.1) is 10.5 Å². The minimum atomic E-state index is 0.608. The van der Waals surface area contributed by atoms with E-state index in [1.54, 1.807) is 0 Å². The normalized spacial score (nSPS) is 15.9. The maximum atomic E-state index is 4.29. The van der Waals surface area contributed by atoms with Crippen molar-refractivity contribution in [3.8, 4) is 5.69 Å². The number of benzene rings is 1. The number of imidazole rings is 1. The third-order valence-corrected chi connectivity index (χ3v) is 4.46. The van der Waals surface area contributed by atoms with E-state index in [1.807, 2.05) is 12.5 Å². The van der Waals surface area contributed by atoms with Crippen LogP contribution in [0.25, 0.3) is 5.69 Å². The van der Waals surface area contributed by atoms with E-state index in [0.717, 1.165) is 13.1 Å². The number of nitrogens with zero attached hydrogens (tertiary/aromatic N) is 2. The standard InChI is InChI=1S/C13H14IN3/c1-9-2-3-11(4-12(9)14)17-8-16-7-13(17)10-5-15-6-10/h2-4,7-8,10,15H,5-6H2,1H3. The summed E-state index contributed by atoms with van der Waals surface area (Å²) in [7, 11) is 0. The molecule has 2 aromatic rings. The predicted octanol–water partition coefficient (Wildman–Crippen LogP) is 2.47. The third-order valence-electron chi connectivity index (χ3n) is 3.30. The lowest BCUT2D eigenvalue weighted by atomic mass is 10.00. The SMILES string of the molecule is Cc1ccc(-n2cncc2C2CNC2)cc1I. The van der Waals surface area contributed by atoms with Gasteiger partial charge in [-0.3, -0.25) is 0 Å². The van der Waals surface area contributed by atoms with Gasteiger partial charge in [-0.05, 0) is 47.2 Å². The Morgan fingerprint density at radius 1 is 1.41 bits per heavy atom. The van der Waals surface area contributed by atoms with Gasteiger partial charge in [-0.1, -0.05) is 6.07 Å². The van der Waals surface area contributed by atoms with Crippen molar-refractivity contribution in [2.75, 3.05) is 13.1 Å². The molecule has 0 radical (unpaired) electrons. The minimum absolute atomic E-state index is 0.608. The van der Waals surface area contributed by atoms with Gasteiger partial charge in [0.25, 0.3) is 0 Å². The highest BCUT2D eigenvalue weighted by atomic mass is 127. The van der Waals surface area contributed by atoms with E-state index in [9.17, 15) is 0 Å². The molecule has 1 saturated heterocycles. The van der Waals surface area contributed by atoms with Crippen molar-refractivity contribution in [3.05, 3.63) is 45.6 Å². The Balaban J connectivity index is 2.02. The lowest BCUT2D eigenvalue weighted by Gasteiger charge is -2.27. The summed E-state index contributed by atoms with van der Waals surface area (Å²) < 4.78 is 3.50. The zero-order chi connectivity index (χ0) is 11.8. The molecule has 17 heavy (non-hydrogen) atoms. The molecule has 0 unspecified atom stereocenters. The highest BCUT2D eigenvalue weighted by Gasteiger charge is 2.22. The maximum absolute atomic E-state index is 4.29. The molecular weight excluding hydrogens is 325 g/mol. The van der Waals surface area contributed by atoms with Crippen molar-refractivity contribution in [2.45, 2.75) is 12.8 Å². The molecule has 1 N–H and O–H groups in total. The zero-order valence-electron chi connectivity index (χ0n) is 9.65. The van der Waals surface area contributed by atoms with Crippen molar-refractivity contribution in [1.82, 2.24) is 14.9 Å². The molecule has 4 heteroatoms. The van der Waals surface area contributed by atoms with Gasteiger partial charge in [-0.25, -0.2) is 4.98 Å². The molecule has 1 aromatic carbocycles. The number of hydrogen-bond acceptors (Lipinski definition) is 2. The summed E-state index contributed by atoms with van der Waals surface area (Å²) in [5.41, 5.74) is 3.84. The van der Waals surface area contributed by atoms with E-state index in [0.29, 0.717) is 5.92 Å². The van der Waals surface area contributed by atoms with Crippen LogP contribution < -0.4 is 5.32 Å². The molecule has 3 rings (SSSR count). The fourth-order valence-electron chi connectivity index (χ4n) is 2.05. The van der Waals surface area contributed by atoms with Crippen LogP contribution in [-0.2, 0) is 0 Å². The van der Waals surface area contributed by atoms with Gasteiger partial charge in [0.2, 0.25) is 0 Å². The smallest absolute Gasteiger partial charge is 0.0994 e. The largest absolute Gasteiger partial charge is 0.315 e. The summed E-state index contributed by atoms with van der Waals surface area (Å²) in [6.07, 6.45) is 3.90. The first kappa shape index (κ1) is 11.2. The van der Waals surface area contributed by atoms with Gasteiger partial charge in [0.1, 0.15) is 0 Å². The molecule has 0 amide bonds. The van der Waals surface area contributed by atoms with Crippen LogP contribution in [0.4, 0.5) is 0 Å². The second kappa shape index (κ2) is 4.42. The first-order chi connectivity index (χ1) is 8.25. The van der Waals surface area contributed by atoms with E-state index in [2.05, 4.69) is 62.6 Å². The van der Waals surface area contributed by atoms with E-state index in [1.165, 1.54) is 20.5 Å². The van der Waals surface area contributed by atoms with E-state index < -0.39 is 0 Å². The van der Waals surface area contributed by atoms with Crippen LogP contribution in [0.5, 0.6) is 0 Å². The molecule has 1 fully saturated rings. The van der Waals surface area contributed by atoms with E-state index >= 15 is 0 Å². The fraction of sp³-hybridized carbons (Fsp3) is 0.308. The summed E-state index contributed by atoms with van der Waals surface area (Å²) >= 11 is 2.38. The van der Waals surface area contributed by atoms with Gasteiger partial charge < -0.3 is 9.88 Å². The number of aryl methyl sites for hydroxylation is 1. The Bertz CT molecular complexity index is 543. The first-order valence-electron chi connectivity index (χ1n) is 5.75. The summed E-state index contributed by atoms with van der Waals surface area (Å²) in [6.45, 7) is 4.26. The molecular formula is C13H14IN3. The highest BCUT2D eigenvalue weighted by molar-refractivity contribution is 14.1. The van der Waals surface area contributed by atoms with E-state index in [-0.39, 0.29) is 0 Å². The summed E-state index contributed by atoms with van der Waals surface area (Å²) in [5.74, 6) is 0.608. The highest BCUT2D eigenvalue weighted by Crippen LogP contribution is 2.24. The summed E-state index contributed by atoms with van der Waals surface area (Å²) in [5, 5.41) is 3.31. The van der Waals surface area contributed by atoms with E-state index in [4.69, 9.17) is 0 Å².